The van der Waals surface area contributed by atoms with Gasteiger partial charge >= 0.3 is 0 Å². The number of rotatable bonds is 6. The molecule has 78 valence electrons. The topological polar surface area (TPSA) is 72.2 Å². The molecular weight excluding hydrogens is 188 g/mol. The summed E-state index contributed by atoms with van der Waals surface area (Å²) in [5, 5.41) is -0.138. The lowest BCUT2D eigenvalue weighted by Gasteiger charge is -2.11. The lowest BCUT2D eigenvalue weighted by molar-refractivity contribution is 0.552. The fourth-order valence-corrected chi connectivity index (χ4v) is 2.63. The molecule has 1 rings (SSSR count). The summed E-state index contributed by atoms with van der Waals surface area (Å²) in [5.74, 6) is 0. The van der Waals surface area contributed by atoms with Gasteiger partial charge in [0.05, 0.1) is 5.25 Å². The first-order chi connectivity index (χ1) is 6.06. The van der Waals surface area contributed by atoms with E-state index in [0.29, 0.717) is 6.54 Å². The van der Waals surface area contributed by atoms with Gasteiger partial charge in [-0.15, -0.1) is 0 Å². The third-order valence-electron chi connectivity index (χ3n) is 2.17. The van der Waals surface area contributed by atoms with Crippen LogP contribution in [0.15, 0.2) is 0 Å². The van der Waals surface area contributed by atoms with Gasteiger partial charge < -0.3 is 5.73 Å². The van der Waals surface area contributed by atoms with Crippen molar-refractivity contribution in [2.75, 3.05) is 6.54 Å². The lowest BCUT2D eigenvalue weighted by atomic mass is 10.2. The van der Waals surface area contributed by atoms with E-state index in [0.717, 1.165) is 25.7 Å². The predicted octanol–water partition coefficient (Wildman–Crippen LogP) is 0.196. The molecule has 5 heteroatoms. The van der Waals surface area contributed by atoms with Crippen LogP contribution in [0, 0.1) is 0 Å². The van der Waals surface area contributed by atoms with Gasteiger partial charge in [0.15, 0.2) is 0 Å². The molecule has 0 aromatic carbocycles. The van der Waals surface area contributed by atoms with Crippen molar-refractivity contribution in [2.45, 2.75) is 43.9 Å². The van der Waals surface area contributed by atoms with E-state index in [1.807, 2.05) is 6.92 Å². The molecule has 1 fully saturated rings. The van der Waals surface area contributed by atoms with E-state index in [1.54, 1.807) is 0 Å². The number of hydrogen-bond donors (Lipinski definition) is 2. The van der Waals surface area contributed by atoms with E-state index in [-0.39, 0.29) is 11.3 Å². The summed E-state index contributed by atoms with van der Waals surface area (Å²) in [6, 6.07) is -0.0430. The largest absolute Gasteiger partial charge is 0.327 e. The smallest absolute Gasteiger partial charge is 0.214 e. The van der Waals surface area contributed by atoms with Crippen LogP contribution in [-0.2, 0) is 10.0 Å². The molecule has 0 spiro atoms. The average molecular weight is 206 g/mol. The fraction of sp³-hybridized carbons (Fsp3) is 1.00. The van der Waals surface area contributed by atoms with Gasteiger partial charge in [-0.1, -0.05) is 13.3 Å². The highest BCUT2D eigenvalue weighted by Crippen LogP contribution is 2.27. The first kappa shape index (κ1) is 10.9. The summed E-state index contributed by atoms with van der Waals surface area (Å²) in [5.41, 5.74) is 5.69. The zero-order valence-corrected chi connectivity index (χ0v) is 8.81. The first-order valence-electron chi connectivity index (χ1n) is 4.80. The first-order valence-corrected chi connectivity index (χ1v) is 6.35. The van der Waals surface area contributed by atoms with Gasteiger partial charge in [0.1, 0.15) is 0 Å². The summed E-state index contributed by atoms with van der Waals surface area (Å²) in [6.45, 7) is 2.42. The Kier molecular flexibility index (Phi) is 3.70. The fourth-order valence-electron chi connectivity index (χ4n) is 1.19. The van der Waals surface area contributed by atoms with Crippen molar-refractivity contribution in [3.63, 3.8) is 0 Å². The Balaban J connectivity index is 2.24. The molecule has 1 saturated carbocycles. The van der Waals surface area contributed by atoms with Gasteiger partial charge in [0, 0.05) is 12.6 Å². The maximum Gasteiger partial charge on any atom is 0.214 e. The van der Waals surface area contributed by atoms with E-state index in [2.05, 4.69) is 4.72 Å². The van der Waals surface area contributed by atoms with Gasteiger partial charge in [0.2, 0.25) is 10.0 Å². The summed E-state index contributed by atoms with van der Waals surface area (Å²) < 4.78 is 25.2. The summed E-state index contributed by atoms with van der Waals surface area (Å²) in [4.78, 5) is 0. The molecule has 13 heavy (non-hydrogen) atoms. The van der Waals surface area contributed by atoms with Crippen LogP contribution in [0.3, 0.4) is 0 Å². The number of nitrogens with one attached hydrogen (secondary N) is 1. The highest BCUT2D eigenvalue weighted by Gasteiger charge is 2.35. The van der Waals surface area contributed by atoms with Crippen LogP contribution in [0.5, 0.6) is 0 Å². The number of hydrogen-bond acceptors (Lipinski definition) is 3. The molecule has 3 N–H and O–H groups in total. The Morgan fingerprint density at radius 3 is 2.62 bits per heavy atom. The monoisotopic (exact) mass is 206 g/mol. The van der Waals surface area contributed by atoms with Gasteiger partial charge in [-0.25, -0.2) is 13.1 Å². The normalized spacial score (nSPS) is 20.2. The summed E-state index contributed by atoms with van der Waals surface area (Å²) in [6.07, 6.45) is 3.47. The van der Waals surface area contributed by atoms with E-state index in [1.165, 1.54) is 0 Å². The highest BCUT2D eigenvalue weighted by molar-refractivity contribution is 7.90. The molecule has 1 aliphatic carbocycles. The third kappa shape index (κ3) is 3.62. The second-order valence-electron chi connectivity index (χ2n) is 3.64. The van der Waals surface area contributed by atoms with Gasteiger partial charge in [0.25, 0.3) is 0 Å². The Morgan fingerprint density at radius 1 is 1.54 bits per heavy atom. The van der Waals surface area contributed by atoms with Crippen LogP contribution in [0.4, 0.5) is 0 Å². The van der Waals surface area contributed by atoms with Gasteiger partial charge in [-0.05, 0) is 19.3 Å². The number of nitrogens with two attached hydrogens (primary N) is 1. The molecule has 1 unspecified atom stereocenters. The van der Waals surface area contributed by atoms with Crippen molar-refractivity contribution in [2.24, 2.45) is 5.73 Å². The molecule has 0 heterocycles. The van der Waals surface area contributed by atoms with E-state index in [9.17, 15) is 8.42 Å². The van der Waals surface area contributed by atoms with Gasteiger partial charge in [-0.2, -0.15) is 0 Å². The van der Waals surface area contributed by atoms with E-state index in [4.69, 9.17) is 5.73 Å². The molecule has 4 nitrogen and oxygen atoms in total. The average Bonchev–Trinajstić information content (AvgIpc) is 2.84. The minimum Gasteiger partial charge on any atom is -0.327 e. The molecule has 0 aromatic rings. The molecule has 0 saturated heterocycles. The SMILES string of the molecule is CCCC(N)CNS(=O)(=O)C1CC1. The van der Waals surface area contributed by atoms with E-state index < -0.39 is 10.0 Å². The molecule has 0 amide bonds. The van der Waals surface area contributed by atoms with Crippen LogP contribution in [0.1, 0.15) is 32.6 Å². The Labute approximate surface area is 79.9 Å². The van der Waals surface area contributed by atoms with Crippen LogP contribution < -0.4 is 10.5 Å². The maximum atomic E-state index is 11.3. The molecular formula is C8H18N2O2S. The van der Waals surface area contributed by atoms with Crippen molar-refractivity contribution in [3.8, 4) is 0 Å². The van der Waals surface area contributed by atoms with Gasteiger partial charge in [-0.3, -0.25) is 0 Å². The summed E-state index contributed by atoms with van der Waals surface area (Å²) in [7, 11) is -3.03. The molecule has 0 aromatic heterocycles. The zero-order valence-electron chi connectivity index (χ0n) is 7.99. The number of sulfonamides is 1. The van der Waals surface area contributed by atoms with Crippen LogP contribution in [0.25, 0.3) is 0 Å². The molecule has 0 bridgehead atoms. The second-order valence-corrected chi connectivity index (χ2v) is 5.69. The second kappa shape index (κ2) is 4.39. The minimum absolute atomic E-state index is 0.0430. The zero-order chi connectivity index (χ0) is 9.90. The lowest BCUT2D eigenvalue weighted by Crippen LogP contribution is -2.38. The predicted molar refractivity (Wildman–Crippen MR) is 52.8 cm³/mol. The van der Waals surface area contributed by atoms with Crippen LogP contribution in [-0.4, -0.2) is 26.3 Å². The molecule has 1 atom stereocenters. The summed E-state index contributed by atoms with van der Waals surface area (Å²) >= 11 is 0. The quantitative estimate of drug-likeness (QED) is 0.652. The molecule has 0 radical (unpaired) electrons. The van der Waals surface area contributed by atoms with Crippen molar-refractivity contribution in [1.29, 1.82) is 0 Å². The molecule has 1 aliphatic rings. The van der Waals surface area contributed by atoms with E-state index >= 15 is 0 Å². The van der Waals surface area contributed by atoms with Crippen molar-refractivity contribution in [1.82, 2.24) is 4.72 Å². The van der Waals surface area contributed by atoms with Crippen LogP contribution in [0.2, 0.25) is 0 Å². The Morgan fingerprint density at radius 2 is 2.15 bits per heavy atom. The van der Waals surface area contributed by atoms with Crippen molar-refractivity contribution < 1.29 is 8.42 Å². The Bertz CT molecular complexity index is 247. The van der Waals surface area contributed by atoms with Crippen molar-refractivity contribution in [3.05, 3.63) is 0 Å². The van der Waals surface area contributed by atoms with Crippen LogP contribution >= 0.6 is 0 Å². The minimum atomic E-state index is -3.03. The molecule has 0 aliphatic heterocycles. The Hall–Kier alpha value is -0.130. The van der Waals surface area contributed by atoms with Crippen molar-refractivity contribution >= 4 is 10.0 Å². The standard InChI is InChI=1S/C8H18N2O2S/c1-2-3-7(9)6-10-13(11,12)8-4-5-8/h7-8,10H,2-6,9H2,1H3. The third-order valence-corrected chi connectivity index (χ3v) is 4.09. The highest BCUT2D eigenvalue weighted by atomic mass is 32.2. The maximum absolute atomic E-state index is 11.3.